The number of carbonyl (C=O) groups excluding carboxylic acids is 2. The van der Waals surface area contributed by atoms with Crippen molar-refractivity contribution in [2.24, 2.45) is 5.73 Å². The van der Waals surface area contributed by atoms with Crippen molar-refractivity contribution in [3.05, 3.63) is 52.9 Å². The molecule has 29 heavy (non-hydrogen) atoms. The Morgan fingerprint density at radius 1 is 1.24 bits per heavy atom. The van der Waals surface area contributed by atoms with Crippen LogP contribution in [0, 0.1) is 13.8 Å². The molecule has 2 aromatic heterocycles. The first-order valence-electron chi connectivity index (χ1n) is 9.28. The number of anilines is 1. The Bertz CT molecular complexity index is 1110. The highest BCUT2D eigenvalue weighted by Crippen LogP contribution is 2.25. The highest BCUT2D eigenvalue weighted by atomic mass is 16.2. The Morgan fingerprint density at radius 2 is 2.00 bits per heavy atom. The monoisotopic (exact) mass is 396 g/mol. The molecule has 4 N–H and O–H groups in total. The third-order valence-corrected chi connectivity index (χ3v) is 4.54. The fraction of sp³-hybridized carbons (Fsp3) is 0.300. The van der Waals surface area contributed by atoms with Gasteiger partial charge in [0.2, 0.25) is 11.9 Å². The first kappa shape index (κ1) is 20.3. The molecule has 2 amide bonds. The molecule has 0 atom stereocenters. The molecule has 0 spiro atoms. The number of primary amides is 1. The highest BCUT2D eigenvalue weighted by Gasteiger charge is 2.19. The van der Waals surface area contributed by atoms with E-state index in [1.165, 1.54) is 0 Å². The van der Waals surface area contributed by atoms with Crippen molar-refractivity contribution in [2.75, 3.05) is 11.9 Å². The molecule has 9 nitrogen and oxygen atoms in total. The number of nitrogens with one attached hydrogen (secondary N) is 1. The van der Waals surface area contributed by atoms with Crippen LogP contribution in [0.15, 0.2) is 30.4 Å². The third kappa shape index (κ3) is 4.04. The van der Waals surface area contributed by atoms with Crippen molar-refractivity contribution in [1.82, 2.24) is 19.3 Å². The standard InChI is InChI=1S/C20H24N6O3/c1-4-26-16(10-13(3)24-26)19(29)23-20-22-15-11-14(18(21)28)9-12(2)17(15)25(20)7-5-6-8-27/h5-6,9-11,27H,4,7-8H2,1-3H3,(H2,21,28)(H,22,23,29)/b6-5+. The van der Waals surface area contributed by atoms with Gasteiger partial charge in [-0.1, -0.05) is 12.2 Å². The number of hydrogen-bond acceptors (Lipinski definition) is 5. The number of rotatable bonds is 7. The van der Waals surface area contributed by atoms with E-state index in [1.807, 2.05) is 25.3 Å². The number of aliphatic hydroxyl groups is 1. The quantitative estimate of drug-likeness (QED) is 0.524. The molecule has 0 radical (unpaired) electrons. The van der Waals surface area contributed by atoms with E-state index in [1.54, 1.807) is 35.0 Å². The Hall–Kier alpha value is -3.46. The van der Waals surface area contributed by atoms with E-state index in [9.17, 15) is 9.59 Å². The highest BCUT2D eigenvalue weighted by molar-refractivity contribution is 6.03. The molecular weight excluding hydrogens is 372 g/mol. The number of aliphatic hydroxyl groups excluding tert-OH is 1. The van der Waals surface area contributed by atoms with E-state index in [-0.39, 0.29) is 12.5 Å². The van der Waals surface area contributed by atoms with Gasteiger partial charge in [-0.05, 0) is 44.5 Å². The molecule has 9 heteroatoms. The van der Waals surface area contributed by atoms with Gasteiger partial charge in [-0.2, -0.15) is 5.10 Å². The van der Waals surface area contributed by atoms with Gasteiger partial charge >= 0.3 is 0 Å². The Kier molecular flexibility index (Phi) is 5.79. The first-order chi connectivity index (χ1) is 13.8. The largest absolute Gasteiger partial charge is 0.392 e. The van der Waals surface area contributed by atoms with Crippen LogP contribution in [0.4, 0.5) is 5.95 Å². The third-order valence-electron chi connectivity index (χ3n) is 4.54. The smallest absolute Gasteiger partial charge is 0.276 e. The number of nitrogens with two attached hydrogens (primary N) is 1. The number of allylic oxidation sites excluding steroid dienone is 1. The molecule has 0 aliphatic carbocycles. The summed E-state index contributed by atoms with van der Waals surface area (Å²) in [6.07, 6.45) is 3.39. The minimum Gasteiger partial charge on any atom is -0.392 e. The van der Waals surface area contributed by atoms with Gasteiger partial charge in [0.15, 0.2) is 0 Å². The molecule has 1 aromatic carbocycles. The minimum atomic E-state index is -0.544. The normalized spacial score (nSPS) is 11.4. The molecule has 3 aromatic rings. The van der Waals surface area contributed by atoms with Crippen molar-refractivity contribution in [1.29, 1.82) is 0 Å². The van der Waals surface area contributed by atoms with E-state index in [2.05, 4.69) is 15.4 Å². The molecule has 0 unspecified atom stereocenters. The first-order valence-corrected chi connectivity index (χ1v) is 9.28. The van der Waals surface area contributed by atoms with E-state index < -0.39 is 5.91 Å². The molecule has 0 fully saturated rings. The maximum atomic E-state index is 12.9. The van der Waals surface area contributed by atoms with Gasteiger partial charge < -0.3 is 15.4 Å². The summed E-state index contributed by atoms with van der Waals surface area (Å²) in [5.41, 5.74) is 9.07. The Morgan fingerprint density at radius 3 is 2.66 bits per heavy atom. The summed E-state index contributed by atoms with van der Waals surface area (Å²) in [6.45, 7) is 6.44. The maximum absolute atomic E-state index is 12.9. The number of nitrogens with zero attached hydrogens (tertiary/aromatic N) is 4. The minimum absolute atomic E-state index is 0.0892. The second kappa shape index (κ2) is 8.27. The molecule has 0 saturated carbocycles. The fourth-order valence-corrected chi connectivity index (χ4v) is 3.28. The van der Waals surface area contributed by atoms with Crippen LogP contribution in [0.3, 0.4) is 0 Å². The zero-order chi connectivity index (χ0) is 21.1. The molecule has 0 aliphatic rings. The zero-order valence-corrected chi connectivity index (χ0v) is 16.6. The van der Waals surface area contributed by atoms with Crippen molar-refractivity contribution in [2.45, 2.75) is 33.9 Å². The summed E-state index contributed by atoms with van der Waals surface area (Å²) in [4.78, 5) is 29.0. The van der Waals surface area contributed by atoms with Crippen molar-refractivity contribution in [3.8, 4) is 0 Å². The van der Waals surface area contributed by atoms with Crippen molar-refractivity contribution >= 4 is 28.8 Å². The second-order valence-electron chi connectivity index (χ2n) is 6.67. The molecular formula is C20H24N6O3. The maximum Gasteiger partial charge on any atom is 0.276 e. The van der Waals surface area contributed by atoms with E-state index in [0.717, 1.165) is 16.8 Å². The molecule has 0 bridgehead atoms. The van der Waals surface area contributed by atoms with Crippen LogP contribution in [0.25, 0.3) is 11.0 Å². The van der Waals surface area contributed by atoms with Crippen LogP contribution in [-0.2, 0) is 13.1 Å². The number of carbonyl (C=O) groups is 2. The van der Waals surface area contributed by atoms with Gasteiger partial charge in [-0.25, -0.2) is 4.98 Å². The molecule has 2 heterocycles. The summed E-state index contributed by atoms with van der Waals surface area (Å²) >= 11 is 0. The fourth-order valence-electron chi connectivity index (χ4n) is 3.28. The van der Waals surface area contributed by atoms with Crippen LogP contribution in [0.5, 0.6) is 0 Å². The van der Waals surface area contributed by atoms with Crippen LogP contribution >= 0.6 is 0 Å². The average molecular weight is 396 g/mol. The van der Waals surface area contributed by atoms with Gasteiger partial charge in [-0.15, -0.1) is 0 Å². The number of imidazole rings is 1. The zero-order valence-electron chi connectivity index (χ0n) is 16.6. The lowest BCUT2D eigenvalue weighted by molar-refractivity contribution is 0.0996. The van der Waals surface area contributed by atoms with Crippen molar-refractivity contribution < 1.29 is 14.7 Å². The predicted octanol–water partition coefficient (Wildman–Crippen LogP) is 1.77. The van der Waals surface area contributed by atoms with Crippen LogP contribution in [0.2, 0.25) is 0 Å². The van der Waals surface area contributed by atoms with Gasteiger partial charge in [0, 0.05) is 18.7 Å². The van der Waals surface area contributed by atoms with E-state index in [4.69, 9.17) is 10.8 Å². The van der Waals surface area contributed by atoms with Gasteiger partial charge in [0.05, 0.1) is 23.3 Å². The van der Waals surface area contributed by atoms with Crippen LogP contribution < -0.4 is 11.1 Å². The molecule has 152 valence electrons. The van der Waals surface area contributed by atoms with Gasteiger partial charge in [-0.3, -0.25) is 19.6 Å². The number of amides is 2. The predicted molar refractivity (Wildman–Crippen MR) is 110 cm³/mol. The van der Waals surface area contributed by atoms with Crippen LogP contribution in [0.1, 0.15) is 39.0 Å². The Labute approximate surface area is 167 Å². The summed E-state index contributed by atoms with van der Waals surface area (Å²) in [5.74, 6) is -0.542. The summed E-state index contributed by atoms with van der Waals surface area (Å²) in [7, 11) is 0. The SMILES string of the molecule is CCn1nc(C)cc1C(=O)Nc1nc2cc(C(N)=O)cc(C)c2n1C/C=C/CO. The lowest BCUT2D eigenvalue weighted by Gasteiger charge is -2.10. The summed E-state index contributed by atoms with van der Waals surface area (Å²) < 4.78 is 3.44. The van der Waals surface area contributed by atoms with Gasteiger partial charge in [0.1, 0.15) is 5.69 Å². The number of hydrogen-bond donors (Lipinski definition) is 3. The van der Waals surface area contributed by atoms with Gasteiger partial charge in [0.25, 0.3) is 5.91 Å². The number of benzene rings is 1. The molecule has 0 saturated heterocycles. The molecule has 0 aliphatic heterocycles. The second-order valence-corrected chi connectivity index (χ2v) is 6.67. The topological polar surface area (TPSA) is 128 Å². The Balaban J connectivity index is 2.08. The van der Waals surface area contributed by atoms with Crippen LogP contribution in [-0.4, -0.2) is 42.9 Å². The summed E-state index contributed by atoms with van der Waals surface area (Å²) in [5, 5.41) is 16.2. The van der Waals surface area contributed by atoms with E-state index in [0.29, 0.717) is 35.8 Å². The van der Waals surface area contributed by atoms with E-state index >= 15 is 0 Å². The average Bonchev–Trinajstić information content (AvgIpc) is 3.22. The lowest BCUT2D eigenvalue weighted by Crippen LogP contribution is -2.20. The number of aryl methyl sites for hydroxylation is 3. The lowest BCUT2D eigenvalue weighted by atomic mass is 10.1. The number of fused-ring (bicyclic) bond motifs is 1. The summed E-state index contributed by atoms with van der Waals surface area (Å²) in [6, 6.07) is 5.01. The van der Waals surface area contributed by atoms with Crippen molar-refractivity contribution in [3.63, 3.8) is 0 Å². The molecule has 3 rings (SSSR count). The number of aromatic nitrogens is 4.